The summed E-state index contributed by atoms with van der Waals surface area (Å²) in [4.78, 5) is 4.37. The Morgan fingerprint density at radius 2 is 2.12 bits per heavy atom. The fraction of sp³-hybridized carbons (Fsp3) is 0.250. The Bertz CT molecular complexity index is 531. The van der Waals surface area contributed by atoms with Gasteiger partial charge in [-0.25, -0.2) is 9.37 Å². The molecule has 5 heteroatoms. The molecule has 0 bridgehead atoms. The largest absolute Gasteiger partial charge is 0.389 e. The molecule has 0 fully saturated rings. The number of rotatable bonds is 2. The molecule has 0 saturated carbocycles. The summed E-state index contributed by atoms with van der Waals surface area (Å²) < 4.78 is 13.8. The Morgan fingerprint density at radius 1 is 1.41 bits per heavy atom. The zero-order chi connectivity index (χ0) is 12.6. The number of halogens is 2. The molecule has 0 aliphatic rings. The molecule has 90 valence electrons. The predicted octanol–water partition coefficient (Wildman–Crippen LogP) is 4.31. The molecule has 0 atom stereocenters. The van der Waals surface area contributed by atoms with Crippen LogP contribution in [-0.2, 0) is 0 Å². The van der Waals surface area contributed by atoms with Crippen LogP contribution >= 0.6 is 22.9 Å². The number of nitrogens with two attached hydrogens (primary N) is 1. The van der Waals surface area contributed by atoms with Gasteiger partial charge in [0.15, 0.2) is 0 Å². The van der Waals surface area contributed by atoms with Crippen molar-refractivity contribution in [2.75, 3.05) is 5.73 Å². The molecule has 0 amide bonds. The Balaban J connectivity index is 2.61. The number of hydrogen-bond acceptors (Lipinski definition) is 3. The SMILES string of the molecule is CC(C)c1nc(-c2c(F)cccc2Cl)c(N)s1. The van der Waals surface area contributed by atoms with Gasteiger partial charge in [0.1, 0.15) is 16.5 Å². The number of benzene rings is 1. The van der Waals surface area contributed by atoms with Gasteiger partial charge in [0.25, 0.3) is 0 Å². The second-order valence-corrected chi connectivity index (χ2v) is 5.49. The van der Waals surface area contributed by atoms with Crippen LogP contribution in [-0.4, -0.2) is 4.98 Å². The lowest BCUT2D eigenvalue weighted by atomic mass is 10.1. The molecule has 2 nitrogen and oxygen atoms in total. The van der Waals surface area contributed by atoms with Gasteiger partial charge in [-0.1, -0.05) is 31.5 Å². The highest BCUT2D eigenvalue weighted by Crippen LogP contribution is 2.38. The molecule has 2 rings (SSSR count). The van der Waals surface area contributed by atoms with E-state index in [1.807, 2.05) is 13.8 Å². The number of nitrogens with zero attached hydrogens (tertiary/aromatic N) is 1. The van der Waals surface area contributed by atoms with Gasteiger partial charge in [0.2, 0.25) is 0 Å². The monoisotopic (exact) mass is 270 g/mol. The van der Waals surface area contributed by atoms with Crippen LogP contribution in [0.3, 0.4) is 0 Å². The Hall–Kier alpha value is -1.13. The van der Waals surface area contributed by atoms with Crippen LogP contribution in [0, 0.1) is 5.82 Å². The van der Waals surface area contributed by atoms with Crippen molar-refractivity contribution in [1.29, 1.82) is 0 Å². The van der Waals surface area contributed by atoms with Gasteiger partial charge in [0.05, 0.1) is 15.6 Å². The van der Waals surface area contributed by atoms with Gasteiger partial charge >= 0.3 is 0 Å². The number of anilines is 1. The highest BCUT2D eigenvalue weighted by Gasteiger charge is 2.18. The van der Waals surface area contributed by atoms with E-state index < -0.39 is 5.82 Å². The van der Waals surface area contributed by atoms with Crippen molar-refractivity contribution in [2.24, 2.45) is 0 Å². The zero-order valence-corrected chi connectivity index (χ0v) is 11.1. The highest BCUT2D eigenvalue weighted by atomic mass is 35.5. The van der Waals surface area contributed by atoms with Crippen LogP contribution in [0.5, 0.6) is 0 Å². The van der Waals surface area contributed by atoms with Crippen molar-refractivity contribution >= 4 is 27.9 Å². The molecular formula is C12H12ClFN2S. The molecule has 1 heterocycles. The van der Waals surface area contributed by atoms with Gasteiger partial charge in [-0.05, 0) is 12.1 Å². The lowest BCUT2D eigenvalue weighted by molar-refractivity contribution is 0.631. The molecule has 17 heavy (non-hydrogen) atoms. The zero-order valence-electron chi connectivity index (χ0n) is 9.50. The van der Waals surface area contributed by atoms with E-state index in [0.29, 0.717) is 15.7 Å². The standard InChI is InChI=1S/C12H12ClFN2S/c1-6(2)12-16-10(11(15)17-12)9-7(13)4-3-5-8(9)14/h3-6H,15H2,1-2H3. The van der Waals surface area contributed by atoms with Crippen LogP contribution < -0.4 is 5.73 Å². The van der Waals surface area contributed by atoms with E-state index in [1.54, 1.807) is 12.1 Å². The van der Waals surface area contributed by atoms with Crippen molar-refractivity contribution in [3.63, 3.8) is 0 Å². The molecule has 1 aromatic heterocycles. The molecular weight excluding hydrogens is 259 g/mol. The number of thiazole rings is 1. The lowest BCUT2D eigenvalue weighted by Crippen LogP contribution is -1.91. The van der Waals surface area contributed by atoms with E-state index in [1.165, 1.54) is 17.4 Å². The Kier molecular flexibility index (Phi) is 3.35. The summed E-state index contributed by atoms with van der Waals surface area (Å²) in [5, 5.41) is 1.72. The summed E-state index contributed by atoms with van der Waals surface area (Å²) in [6.07, 6.45) is 0. The third kappa shape index (κ3) is 2.28. The molecule has 2 aromatic rings. The second kappa shape index (κ2) is 4.63. The van der Waals surface area contributed by atoms with Gasteiger partial charge in [-0.3, -0.25) is 0 Å². The van der Waals surface area contributed by atoms with E-state index in [0.717, 1.165) is 5.01 Å². The Labute approximate surface area is 108 Å². The maximum absolute atomic E-state index is 13.8. The first-order chi connectivity index (χ1) is 8.00. The first-order valence-corrected chi connectivity index (χ1v) is 6.40. The highest BCUT2D eigenvalue weighted by molar-refractivity contribution is 7.16. The van der Waals surface area contributed by atoms with Crippen molar-refractivity contribution in [2.45, 2.75) is 19.8 Å². The maximum Gasteiger partial charge on any atom is 0.134 e. The number of nitrogen functional groups attached to an aromatic ring is 1. The van der Waals surface area contributed by atoms with Crippen molar-refractivity contribution in [3.8, 4) is 11.3 Å². The molecule has 1 aromatic carbocycles. The topological polar surface area (TPSA) is 38.9 Å². The molecule has 0 unspecified atom stereocenters. The van der Waals surface area contributed by atoms with Gasteiger partial charge in [0, 0.05) is 5.92 Å². The first kappa shape index (κ1) is 12.3. The van der Waals surface area contributed by atoms with E-state index in [-0.39, 0.29) is 11.5 Å². The lowest BCUT2D eigenvalue weighted by Gasteiger charge is -2.03. The van der Waals surface area contributed by atoms with Crippen molar-refractivity contribution in [1.82, 2.24) is 4.98 Å². The normalized spacial score (nSPS) is 11.1. The summed E-state index contributed by atoms with van der Waals surface area (Å²) in [5.41, 5.74) is 6.61. The van der Waals surface area contributed by atoms with E-state index in [4.69, 9.17) is 17.3 Å². The summed E-state index contributed by atoms with van der Waals surface area (Å²) in [6, 6.07) is 4.55. The molecule has 0 saturated heterocycles. The molecule has 0 radical (unpaired) electrons. The maximum atomic E-state index is 13.8. The average molecular weight is 271 g/mol. The summed E-state index contributed by atoms with van der Waals surface area (Å²) in [7, 11) is 0. The minimum absolute atomic E-state index is 0.265. The molecule has 0 aliphatic carbocycles. The average Bonchev–Trinajstić information content (AvgIpc) is 2.61. The van der Waals surface area contributed by atoms with E-state index in [2.05, 4.69) is 4.98 Å². The van der Waals surface area contributed by atoms with Gasteiger partial charge < -0.3 is 5.73 Å². The smallest absolute Gasteiger partial charge is 0.134 e. The number of aromatic nitrogens is 1. The minimum Gasteiger partial charge on any atom is -0.389 e. The van der Waals surface area contributed by atoms with Crippen molar-refractivity contribution < 1.29 is 4.39 Å². The quantitative estimate of drug-likeness (QED) is 0.883. The molecule has 0 spiro atoms. The Morgan fingerprint density at radius 3 is 2.65 bits per heavy atom. The van der Waals surface area contributed by atoms with Crippen LogP contribution in [0.15, 0.2) is 18.2 Å². The van der Waals surface area contributed by atoms with E-state index >= 15 is 0 Å². The van der Waals surface area contributed by atoms with Crippen LogP contribution in [0.4, 0.5) is 9.39 Å². The fourth-order valence-corrected chi connectivity index (χ4v) is 2.59. The molecule has 2 N–H and O–H groups in total. The van der Waals surface area contributed by atoms with Crippen LogP contribution in [0.25, 0.3) is 11.3 Å². The third-order valence-electron chi connectivity index (χ3n) is 2.36. The minimum atomic E-state index is -0.398. The first-order valence-electron chi connectivity index (χ1n) is 5.21. The van der Waals surface area contributed by atoms with Crippen molar-refractivity contribution in [3.05, 3.63) is 34.0 Å². The predicted molar refractivity (Wildman–Crippen MR) is 71.0 cm³/mol. The van der Waals surface area contributed by atoms with Crippen LogP contribution in [0.2, 0.25) is 5.02 Å². The summed E-state index contributed by atoms with van der Waals surface area (Å²) in [5.74, 6) is -0.133. The summed E-state index contributed by atoms with van der Waals surface area (Å²) in [6.45, 7) is 4.04. The fourth-order valence-electron chi connectivity index (χ4n) is 1.50. The second-order valence-electron chi connectivity index (χ2n) is 4.02. The molecule has 0 aliphatic heterocycles. The summed E-state index contributed by atoms with van der Waals surface area (Å²) >= 11 is 7.37. The number of hydrogen-bond donors (Lipinski definition) is 1. The van der Waals surface area contributed by atoms with E-state index in [9.17, 15) is 4.39 Å². The van der Waals surface area contributed by atoms with Gasteiger partial charge in [-0.15, -0.1) is 11.3 Å². The van der Waals surface area contributed by atoms with Gasteiger partial charge in [-0.2, -0.15) is 0 Å². The van der Waals surface area contributed by atoms with Crippen LogP contribution in [0.1, 0.15) is 24.8 Å². The third-order valence-corrected chi connectivity index (χ3v) is 3.86.